The molecule has 2 atom stereocenters. The van der Waals surface area contributed by atoms with Crippen molar-refractivity contribution in [1.82, 2.24) is 5.32 Å². The van der Waals surface area contributed by atoms with Crippen LogP contribution in [0.5, 0.6) is 0 Å². The number of rotatable bonds is 4. The molecule has 0 aliphatic carbocycles. The predicted molar refractivity (Wildman–Crippen MR) is 63.2 cm³/mol. The van der Waals surface area contributed by atoms with Gasteiger partial charge in [-0.05, 0) is 32.3 Å². The SMILES string of the molecule is CCC1(C)CC(NCc2ccoc2)CCO1. The molecule has 1 aliphatic heterocycles. The molecule has 2 heterocycles. The standard InChI is InChI=1S/C13H21NO2/c1-3-13(2)8-12(5-7-16-13)14-9-11-4-6-15-10-11/h4,6,10,12,14H,3,5,7-9H2,1-2H3. The monoisotopic (exact) mass is 223 g/mol. The van der Waals surface area contributed by atoms with Crippen molar-refractivity contribution >= 4 is 0 Å². The van der Waals surface area contributed by atoms with Crippen LogP contribution in [-0.4, -0.2) is 18.2 Å². The molecule has 90 valence electrons. The molecule has 1 aromatic rings. The Balaban J connectivity index is 1.81. The molecule has 0 spiro atoms. The van der Waals surface area contributed by atoms with Gasteiger partial charge in [0, 0.05) is 24.8 Å². The van der Waals surface area contributed by atoms with E-state index in [0.29, 0.717) is 6.04 Å². The smallest absolute Gasteiger partial charge is 0.0947 e. The van der Waals surface area contributed by atoms with Gasteiger partial charge in [-0.15, -0.1) is 0 Å². The van der Waals surface area contributed by atoms with Crippen LogP contribution in [0.1, 0.15) is 38.7 Å². The molecular formula is C13H21NO2. The number of ether oxygens (including phenoxy) is 1. The minimum atomic E-state index is 0.0618. The molecule has 3 heteroatoms. The molecule has 1 fully saturated rings. The molecule has 1 N–H and O–H groups in total. The van der Waals surface area contributed by atoms with Crippen LogP contribution in [0.4, 0.5) is 0 Å². The van der Waals surface area contributed by atoms with E-state index in [1.54, 1.807) is 12.5 Å². The van der Waals surface area contributed by atoms with Crippen molar-refractivity contribution < 1.29 is 9.15 Å². The first-order valence-corrected chi connectivity index (χ1v) is 6.10. The lowest BCUT2D eigenvalue weighted by molar-refractivity contribution is -0.0781. The molecular weight excluding hydrogens is 202 g/mol. The average molecular weight is 223 g/mol. The lowest BCUT2D eigenvalue weighted by Crippen LogP contribution is -2.44. The molecule has 1 aromatic heterocycles. The van der Waals surface area contributed by atoms with Gasteiger partial charge in [0.15, 0.2) is 0 Å². The van der Waals surface area contributed by atoms with Crippen LogP contribution < -0.4 is 5.32 Å². The second-order valence-electron chi connectivity index (χ2n) is 4.85. The number of hydrogen-bond acceptors (Lipinski definition) is 3. The summed E-state index contributed by atoms with van der Waals surface area (Å²) in [6.07, 6.45) is 6.80. The maximum Gasteiger partial charge on any atom is 0.0947 e. The summed E-state index contributed by atoms with van der Waals surface area (Å²) in [7, 11) is 0. The summed E-state index contributed by atoms with van der Waals surface area (Å²) in [5.41, 5.74) is 1.27. The molecule has 2 unspecified atom stereocenters. The van der Waals surface area contributed by atoms with Gasteiger partial charge in [-0.1, -0.05) is 6.92 Å². The Morgan fingerprint density at radius 1 is 1.56 bits per heavy atom. The number of hydrogen-bond donors (Lipinski definition) is 1. The maximum absolute atomic E-state index is 5.82. The van der Waals surface area contributed by atoms with Crippen LogP contribution in [0, 0.1) is 0 Å². The highest BCUT2D eigenvalue weighted by Crippen LogP contribution is 2.27. The van der Waals surface area contributed by atoms with Gasteiger partial charge in [0.1, 0.15) is 0 Å². The van der Waals surface area contributed by atoms with Crippen molar-refractivity contribution in [2.24, 2.45) is 0 Å². The largest absolute Gasteiger partial charge is 0.472 e. The van der Waals surface area contributed by atoms with E-state index < -0.39 is 0 Å². The van der Waals surface area contributed by atoms with E-state index in [1.807, 2.05) is 6.07 Å². The fraction of sp³-hybridized carbons (Fsp3) is 0.692. The second-order valence-corrected chi connectivity index (χ2v) is 4.85. The topological polar surface area (TPSA) is 34.4 Å². The van der Waals surface area contributed by atoms with Gasteiger partial charge in [0.25, 0.3) is 0 Å². The third-order valence-electron chi connectivity index (χ3n) is 3.52. The molecule has 2 rings (SSSR count). The van der Waals surface area contributed by atoms with E-state index in [9.17, 15) is 0 Å². The molecule has 0 amide bonds. The van der Waals surface area contributed by atoms with Crippen molar-refractivity contribution in [1.29, 1.82) is 0 Å². The summed E-state index contributed by atoms with van der Waals surface area (Å²) in [6, 6.07) is 2.57. The van der Waals surface area contributed by atoms with Crippen molar-refractivity contribution in [3.8, 4) is 0 Å². The van der Waals surface area contributed by atoms with E-state index in [4.69, 9.17) is 9.15 Å². The average Bonchev–Trinajstić information content (AvgIpc) is 2.80. The highest BCUT2D eigenvalue weighted by atomic mass is 16.5. The highest BCUT2D eigenvalue weighted by Gasteiger charge is 2.31. The normalized spacial score (nSPS) is 30.5. The van der Waals surface area contributed by atoms with Crippen molar-refractivity contribution in [2.75, 3.05) is 6.61 Å². The highest BCUT2D eigenvalue weighted by molar-refractivity contribution is 5.05. The van der Waals surface area contributed by atoms with Crippen LogP contribution in [0.2, 0.25) is 0 Å². The molecule has 3 nitrogen and oxygen atoms in total. The zero-order chi connectivity index (χ0) is 11.4. The number of nitrogens with one attached hydrogen (secondary N) is 1. The molecule has 0 saturated carbocycles. The van der Waals surface area contributed by atoms with Crippen LogP contribution in [-0.2, 0) is 11.3 Å². The van der Waals surface area contributed by atoms with E-state index >= 15 is 0 Å². The van der Waals surface area contributed by atoms with E-state index in [-0.39, 0.29) is 5.60 Å². The van der Waals surface area contributed by atoms with Crippen molar-refractivity contribution in [3.63, 3.8) is 0 Å². The summed E-state index contributed by atoms with van der Waals surface area (Å²) in [5.74, 6) is 0. The van der Waals surface area contributed by atoms with E-state index in [2.05, 4.69) is 19.2 Å². The second kappa shape index (κ2) is 5.02. The summed E-state index contributed by atoms with van der Waals surface area (Å²) in [5, 5.41) is 3.57. The van der Waals surface area contributed by atoms with E-state index in [1.165, 1.54) is 5.56 Å². The Kier molecular flexibility index (Phi) is 3.66. The van der Waals surface area contributed by atoms with Crippen LogP contribution in [0.25, 0.3) is 0 Å². The quantitative estimate of drug-likeness (QED) is 0.852. The molecule has 0 bridgehead atoms. The van der Waals surface area contributed by atoms with Gasteiger partial charge in [-0.25, -0.2) is 0 Å². The fourth-order valence-electron chi connectivity index (χ4n) is 2.21. The Labute approximate surface area is 97.2 Å². The van der Waals surface area contributed by atoms with Crippen LogP contribution >= 0.6 is 0 Å². The zero-order valence-corrected chi connectivity index (χ0v) is 10.2. The zero-order valence-electron chi connectivity index (χ0n) is 10.2. The summed E-state index contributed by atoms with van der Waals surface area (Å²) < 4.78 is 10.9. The molecule has 0 radical (unpaired) electrons. The molecule has 16 heavy (non-hydrogen) atoms. The molecule has 0 aromatic carbocycles. The Morgan fingerprint density at radius 3 is 3.12 bits per heavy atom. The maximum atomic E-state index is 5.82. The van der Waals surface area contributed by atoms with Crippen molar-refractivity contribution in [2.45, 2.75) is 51.3 Å². The lowest BCUT2D eigenvalue weighted by Gasteiger charge is -2.38. The molecule has 1 aliphatic rings. The van der Waals surface area contributed by atoms with Gasteiger partial charge in [-0.3, -0.25) is 0 Å². The first-order chi connectivity index (χ1) is 7.72. The van der Waals surface area contributed by atoms with Crippen molar-refractivity contribution in [3.05, 3.63) is 24.2 Å². The van der Waals surface area contributed by atoms with Gasteiger partial charge in [0.05, 0.1) is 18.1 Å². The summed E-state index contributed by atoms with van der Waals surface area (Å²) in [6.45, 7) is 6.16. The van der Waals surface area contributed by atoms with Gasteiger partial charge in [0.2, 0.25) is 0 Å². The fourth-order valence-corrected chi connectivity index (χ4v) is 2.21. The van der Waals surface area contributed by atoms with Gasteiger partial charge >= 0.3 is 0 Å². The summed E-state index contributed by atoms with van der Waals surface area (Å²) >= 11 is 0. The minimum Gasteiger partial charge on any atom is -0.472 e. The third-order valence-corrected chi connectivity index (χ3v) is 3.52. The first-order valence-electron chi connectivity index (χ1n) is 6.10. The summed E-state index contributed by atoms with van der Waals surface area (Å²) in [4.78, 5) is 0. The Morgan fingerprint density at radius 2 is 2.44 bits per heavy atom. The van der Waals surface area contributed by atoms with E-state index in [0.717, 1.165) is 32.4 Å². The third kappa shape index (κ3) is 2.86. The minimum absolute atomic E-state index is 0.0618. The Hall–Kier alpha value is -0.800. The van der Waals surface area contributed by atoms with Crippen LogP contribution in [0.3, 0.4) is 0 Å². The van der Waals surface area contributed by atoms with Gasteiger partial charge in [-0.2, -0.15) is 0 Å². The first kappa shape index (κ1) is 11.7. The molecule has 1 saturated heterocycles. The lowest BCUT2D eigenvalue weighted by atomic mass is 9.90. The van der Waals surface area contributed by atoms with Crippen LogP contribution in [0.15, 0.2) is 23.0 Å². The van der Waals surface area contributed by atoms with Gasteiger partial charge < -0.3 is 14.5 Å². The Bertz CT molecular complexity index is 310. The predicted octanol–water partition coefficient (Wildman–Crippen LogP) is 2.72. The number of furan rings is 1.